The van der Waals surface area contributed by atoms with E-state index in [0.29, 0.717) is 0 Å². The van der Waals surface area contributed by atoms with E-state index >= 15 is 0 Å². The van der Waals surface area contributed by atoms with Crippen LogP contribution in [-0.2, 0) is 4.74 Å². The number of nitrogens with one attached hydrogen (secondary N) is 1. The van der Waals surface area contributed by atoms with Crippen molar-refractivity contribution in [2.75, 3.05) is 19.8 Å². The third kappa shape index (κ3) is 4.76. The standard InChI is InChI=1S/C11H12F2N2O5/c12-10(13)6-20-4-3-14-11(17)8-5-7(16)1-2-9(8)15(18)19/h1-2,5,10,16H,3-4,6H2,(H,14,17). The lowest BCUT2D eigenvalue weighted by Gasteiger charge is -2.07. The van der Waals surface area contributed by atoms with Crippen LogP contribution < -0.4 is 5.32 Å². The molecular formula is C11H12F2N2O5. The number of nitro benzene ring substituents is 1. The van der Waals surface area contributed by atoms with Crippen LogP contribution in [0.25, 0.3) is 0 Å². The molecule has 0 heterocycles. The third-order valence-corrected chi connectivity index (χ3v) is 2.20. The average molecular weight is 290 g/mol. The van der Waals surface area contributed by atoms with E-state index in [4.69, 9.17) is 0 Å². The van der Waals surface area contributed by atoms with Gasteiger partial charge in [0.05, 0.1) is 11.5 Å². The van der Waals surface area contributed by atoms with Crippen molar-refractivity contribution in [1.29, 1.82) is 0 Å². The van der Waals surface area contributed by atoms with E-state index in [0.717, 1.165) is 18.2 Å². The molecule has 0 spiro atoms. The van der Waals surface area contributed by atoms with Crippen molar-refractivity contribution in [3.05, 3.63) is 33.9 Å². The summed E-state index contributed by atoms with van der Waals surface area (Å²) in [4.78, 5) is 21.7. The largest absolute Gasteiger partial charge is 0.508 e. The topological polar surface area (TPSA) is 102 Å². The van der Waals surface area contributed by atoms with Crippen LogP contribution >= 0.6 is 0 Å². The molecule has 1 rings (SSSR count). The summed E-state index contributed by atoms with van der Waals surface area (Å²) >= 11 is 0. The lowest BCUT2D eigenvalue weighted by molar-refractivity contribution is -0.385. The fraction of sp³-hybridized carbons (Fsp3) is 0.364. The number of ether oxygens (including phenoxy) is 1. The first kappa shape index (κ1) is 15.8. The minimum absolute atomic E-state index is 0.0850. The summed E-state index contributed by atoms with van der Waals surface area (Å²) in [5.41, 5.74) is -0.780. The lowest BCUT2D eigenvalue weighted by atomic mass is 10.1. The van der Waals surface area contributed by atoms with Gasteiger partial charge in [0.25, 0.3) is 18.0 Å². The predicted octanol–water partition coefficient (Wildman–Crippen LogP) is 1.31. The first-order chi connectivity index (χ1) is 9.41. The number of nitrogens with zero attached hydrogens (tertiary/aromatic N) is 1. The van der Waals surface area contributed by atoms with E-state index in [9.17, 15) is 28.8 Å². The highest BCUT2D eigenvalue weighted by Crippen LogP contribution is 2.22. The molecule has 0 saturated heterocycles. The van der Waals surface area contributed by atoms with Gasteiger partial charge in [-0.2, -0.15) is 0 Å². The molecule has 1 aromatic rings. The monoisotopic (exact) mass is 290 g/mol. The fourth-order valence-electron chi connectivity index (χ4n) is 1.37. The number of halogens is 2. The average Bonchev–Trinajstić information content (AvgIpc) is 2.37. The van der Waals surface area contributed by atoms with Crippen LogP contribution in [0.2, 0.25) is 0 Å². The van der Waals surface area contributed by atoms with E-state index < -0.39 is 29.6 Å². The first-order valence-electron chi connectivity index (χ1n) is 5.53. The number of benzene rings is 1. The van der Waals surface area contributed by atoms with Gasteiger partial charge in [-0.15, -0.1) is 0 Å². The van der Waals surface area contributed by atoms with E-state index in [-0.39, 0.29) is 24.5 Å². The number of hydrogen-bond donors (Lipinski definition) is 2. The molecule has 0 aliphatic carbocycles. The molecule has 0 bridgehead atoms. The van der Waals surface area contributed by atoms with Crippen LogP contribution in [0, 0.1) is 10.1 Å². The quantitative estimate of drug-likeness (QED) is 0.448. The Morgan fingerprint density at radius 1 is 1.50 bits per heavy atom. The molecule has 1 amide bonds. The molecule has 7 nitrogen and oxygen atoms in total. The SMILES string of the molecule is O=C(NCCOCC(F)F)c1cc(O)ccc1[N+](=O)[O-]. The Morgan fingerprint density at radius 3 is 2.80 bits per heavy atom. The highest BCUT2D eigenvalue weighted by molar-refractivity contribution is 5.98. The number of hydrogen-bond acceptors (Lipinski definition) is 5. The molecule has 2 N–H and O–H groups in total. The highest BCUT2D eigenvalue weighted by atomic mass is 19.3. The second-order valence-electron chi connectivity index (χ2n) is 3.68. The zero-order valence-electron chi connectivity index (χ0n) is 10.2. The molecule has 1 aromatic carbocycles. The van der Waals surface area contributed by atoms with Crippen LogP contribution in [0.1, 0.15) is 10.4 Å². The van der Waals surface area contributed by atoms with Crippen LogP contribution in [0.3, 0.4) is 0 Å². The number of aromatic hydroxyl groups is 1. The number of carbonyl (C=O) groups excluding carboxylic acids is 1. The van der Waals surface area contributed by atoms with E-state index in [2.05, 4.69) is 10.1 Å². The summed E-state index contributed by atoms with van der Waals surface area (Å²) < 4.78 is 28.0. The van der Waals surface area contributed by atoms with Gasteiger partial charge in [-0.1, -0.05) is 0 Å². The van der Waals surface area contributed by atoms with E-state index in [1.165, 1.54) is 0 Å². The van der Waals surface area contributed by atoms with Crippen molar-refractivity contribution < 1.29 is 28.3 Å². The van der Waals surface area contributed by atoms with Crippen LogP contribution in [-0.4, -0.2) is 42.1 Å². The molecule has 0 saturated carbocycles. The summed E-state index contributed by atoms with van der Waals surface area (Å²) in [6.07, 6.45) is -2.60. The van der Waals surface area contributed by atoms with Crippen molar-refractivity contribution in [1.82, 2.24) is 5.32 Å². The Kier molecular flexibility index (Phi) is 5.78. The molecular weight excluding hydrogens is 278 g/mol. The van der Waals surface area contributed by atoms with Gasteiger partial charge in [0, 0.05) is 12.6 Å². The number of phenols is 1. The van der Waals surface area contributed by atoms with Crippen molar-refractivity contribution in [3.8, 4) is 5.75 Å². The Bertz CT molecular complexity index is 496. The molecule has 0 radical (unpaired) electrons. The summed E-state index contributed by atoms with van der Waals surface area (Å²) in [7, 11) is 0. The number of phenolic OH excluding ortho intramolecular Hbond substituents is 1. The lowest BCUT2D eigenvalue weighted by Crippen LogP contribution is -2.28. The second-order valence-corrected chi connectivity index (χ2v) is 3.68. The van der Waals surface area contributed by atoms with Crippen LogP contribution in [0.5, 0.6) is 5.75 Å². The zero-order chi connectivity index (χ0) is 15.1. The second kappa shape index (κ2) is 7.34. The number of alkyl halides is 2. The van der Waals surface area contributed by atoms with Crippen LogP contribution in [0.4, 0.5) is 14.5 Å². The van der Waals surface area contributed by atoms with Crippen molar-refractivity contribution in [2.24, 2.45) is 0 Å². The summed E-state index contributed by atoms with van der Waals surface area (Å²) in [6, 6.07) is 3.03. The number of carbonyl (C=O) groups is 1. The minimum atomic E-state index is -2.60. The van der Waals surface area contributed by atoms with Crippen LogP contribution in [0.15, 0.2) is 18.2 Å². The number of nitro groups is 1. The molecule has 0 aromatic heterocycles. The van der Waals surface area contributed by atoms with Gasteiger partial charge < -0.3 is 15.2 Å². The Morgan fingerprint density at radius 2 is 2.20 bits per heavy atom. The molecule has 0 aliphatic heterocycles. The van der Waals surface area contributed by atoms with Gasteiger partial charge in [0.2, 0.25) is 0 Å². The molecule has 9 heteroatoms. The maximum absolute atomic E-state index is 11.8. The van der Waals surface area contributed by atoms with Crippen molar-refractivity contribution in [2.45, 2.75) is 6.43 Å². The fourth-order valence-corrected chi connectivity index (χ4v) is 1.37. The summed E-state index contributed by atoms with van der Waals surface area (Å²) in [6.45, 7) is -0.983. The zero-order valence-corrected chi connectivity index (χ0v) is 10.2. The predicted molar refractivity (Wildman–Crippen MR) is 63.9 cm³/mol. The molecule has 0 atom stereocenters. The first-order valence-corrected chi connectivity index (χ1v) is 5.53. The summed E-state index contributed by atoms with van der Waals surface area (Å²) in [5, 5.41) is 22.2. The molecule has 0 fully saturated rings. The maximum atomic E-state index is 11.8. The van der Waals surface area contributed by atoms with Crippen molar-refractivity contribution >= 4 is 11.6 Å². The van der Waals surface area contributed by atoms with Gasteiger partial charge >= 0.3 is 0 Å². The van der Waals surface area contributed by atoms with Crippen molar-refractivity contribution in [3.63, 3.8) is 0 Å². The normalized spacial score (nSPS) is 10.6. The number of amides is 1. The Hall–Kier alpha value is -2.29. The summed E-state index contributed by atoms with van der Waals surface area (Å²) in [5.74, 6) is -1.09. The Balaban J connectivity index is 2.59. The van der Waals surface area contributed by atoms with E-state index in [1.54, 1.807) is 0 Å². The smallest absolute Gasteiger partial charge is 0.282 e. The van der Waals surface area contributed by atoms with Gasteiger partial charge in [0.1, 0.15) is 17.9 Å². The van der Waals surface area contributed by atoms with Gasteiger partial charge in [-0.05, 0) is 12.1 Å². The molecule has 0 unspecified atom stereocenters. The number of rotatable bonds is 7. The minimum Gasteiger partial charge on any atom is -0.508 e. The van der Waals surface area contributed by atoms with Gasteiger partial charge in [0.15, 0.2) is 0 Å². The van der Waals surface area contributed by atoms with Gasteiger partial charge in [-0.25, -0.2) is 8.78 Å². The Labute approximate surface area is 112 Å². The molecule has 0 aliphatic rings. The van der Waals surface area contributed by atoms with E-state index in [1.807, 2.05) is 0 Å². The molecule has 20 heavy (non-hydrogen) atoms. The highest BCUT2D eigenvalue weighted by Gasteiger charge is 2.20. The third-order valence-electron chi connectivity index (χ3n) is 2.20. The molecule has 110 valence electrons. The van der Waals surface area contributed by atoms with Gasteiger partial charge in [-0.3, -0.25) is 14.9 Å². The maximum Gasteiger partial charge on any atom is 0.282 e.